The van der Waals surface area contributed by atoms with Crippen molar-refractivity contribution in [3.8, 4) is 5.75 Å². The van der Waals surface area contributed by atoms with Gasteiger partial charge in [0.15, 0.2) is 11.6 Å². The molecule has 0 amide bonds. The van der Waals surface area contributed by atoms with Gasteiger partial charge in [0.25, 0.3) is 0 Å². The second-order valence-corrected chi connectivity index (χ2v) is 9.56. The van der Waals surface area contributed by atoms with Crippen LogP contribution in [0.25, 0.3) is 0 Å². The van der Waals surface area contributed by atoms with Crippen LogP contribution in [0.5, 0.6) is 5.75 Å². The fourth-order valence-corrected chi connectivity index (χ4v) is 5.02. The SMILES string of the molecule is CC1(C)CC(=O)C2=C(C1)NC1=C(C(=O)c3cc(O)ccc3C1=O)C2c1ccc(Cl)cc1. The van der Waals surface area contributed by atoms with Crippen LogP contribution in [-0.4, -0.2) is 22.5 Å². The van der Waals surface area contributed by atoms with E-state index in [-0.39, 0.29) is 50.9 Å². The van der Waals surface area contributed by atoms with Crippen molar-refractivity contribution in [2.24, 2.45) is 5.41 Å². The van der Waals surface area contributed by atoms with Crippen molar-refractivity contribution in [2.45, 2.75) is 32.6 Å². The summed E-state index contributed by atoms with van der Waals surface area (Å²) in [5.74, 6) is -1.47. The average molecular weight is 434 g/mol. The molecule has 31 heavy (non-hydrogen) atoms. The van der Waals surface area contributed by atoms with Crippen molar-refractivity contribution in [3.63, 3.8) is 0 Å². The number of carbonyl (C=O) groups is 3. The summed E-state index contributed by atoms with van der Waals surface area (Å²) in [4.78, 5) is 40.2. The van der Waals surface area contributed by atoms with Crippen LogP contribution in [0.3, 0.4) is 0 Å². The van der Waals surface area contributed by atoms with Crippen molar-refractivity contribution in [3.05, 3.63) is 86.7 Å². The molecule has 1 unspecified atom stereocenters. The molecule has 0 saturated heterocycles. The van der Waals surface area contributed by atoms with Crippen LogP contribution in [0.1, 0.15) is 58.9 Å². The number of carbonyl (C=O) groups excluding carboxylic acids is 3. The largest absolute Gasteiger partial charge is 0.508 e. The van der Waals surface area contributed by atoms with Gasteiger partial charge in [-0.05, 0) is 47.7 Å². The number of dihydropyridines is 1. The minimum atomic E-state index is -0.668. The first kappa shape index (κ1) is 19.8. The lowest BCUT2D eigenvalue weighted by molar-refractivity contribution is -0.118. The van der Waals surface area contributed by atoms with E-state index in [9.17, 15) is 19.5 Å². The molecule has 1 atom stereocenters. The molecule has 2 aromatic carbocycles. The molecule has 0 fully saturated rings. The lowest BCUT2D eigenvalue weighted by atomic mass is 9.66. The van der Waals surface area contributed by atoms with E-state index in [0.717, 1.165) is 5.56 Å². The van der Waals surface area contributed by atoms with Crippen LogP contribution in [0.15, 0.2) is 65.0 Å². The quantitative estimate of drug-likeness (QED) is 0.680. The normalized spacial score (nSPS) is 22.0. The highest BCUT2D eigenvalue weighted by atomic mass is 35.5. The van der Waals surface area contributed by atoms with Crippen LogP contribution in [0.4, 0.5) is 0 Å². The molecule has 2 aliphatic carbocycles. The molecule has 2 aromatic rings. The van der Waals surface area contributed by atoms with E-state index in [4.69, 9.17) is 11.6 Å². The summed E-state index contributed by atoms with van der Waals surface area (Å²) in [6.45, 7) is 4.03. The predicted molar refractivity (Wildman–Crippen MR) is 116 cm³/mol. The topological polar surface area (TPSA) is 83.5 Å². The minimum absolute atomic E-state index is 0.0350. The molecule has 0 aromatic heterocycles. The smallest absolute Gasteiger partial charge is 0.210 e. The Labute approximate surface area is 184 Å². The van der Waals surface area contributed by atoms with E-state index in [0.29, 0.717) is 29.1 Å². The molecule has 1 aliphatic heterocycles. The number of fused-ring (bicyclic) bond motifs is 1. The number of phenolic OH excluding ortho intramolecular Hbond substituents is 1. The van der Waals surface area contributed by atoms with E-state index in [2.05, 4.69) is 5.32 Å². The fourth-order valence-electron chi connectivity index (χ4n) is 4.90. The van der Waals surface area contributed by atoms with Gasteiger partial charge in [0, 0.05) is 45.3 Å². The molecule has 5 rings (SSSR count). The zero-order valence-electron chi connectivity index (χ0n) is 17.1. The molecule has 5 nitrogen and oxygen atoms in total. The third-order valence-electron chi connectivity index (χ3n) is 6.21. The Bertz CT molecular complexity index is 1250. The summed E-state index contributed by atoms with van der Waals surface area (Å²) in [5.41, 5.74) is 2.56. The number of ketones is 3. The maximum absolute atomic E-state index is 13.6. The first-order valence-electron chi connectivity index (χ1n) is 10.1. The van der Waals surface area contributed by atoms with Crippen LogP contribution in [-0.2, 0) is 4.79 Å². The standard InChI is InChI=1S/C25H20ClNO4/c1-25(2)10-17-20(18(29)11-25)19(12-3-5-13(26)6-4-12)21-22(27-17)24(31)15-8-7-14(28)9-16(15)23(21)30/h3-9,19,27-28H,10-11H2,1-2H3. The van der Waals surface area contributed by atoms with Gasteiger partial charge in [-0.25, -0.2) is 0 Å². The lowest BCUT2D eigenvalue weighted by Crippen LogP contribution is -2.42. The Kier molecular flexibility index (Phi) is 4.25. The van der Waals surface area contributed by atoms with Crippen molar-refractivity contribution >= 4 is 29.0 Å². The molecule has 0 spiro atoms. The number of halogens is 1. The summed E-state index contributed by atoms with van der Waals surface area (Å²) in [5, 5.41) is 13.6. The monoisotopic (exact) mass is 433 g/mol. The van der Waals surface area contributed by atoms with Gasteiger partial charge in [0.2, 0.25) is 5.78 Å². The van der Waals surface area contributed by atoms with Gasteiger partial charge in [0.05, 0.1) is 5.70 Å². The van der Waals surface area contributed by atoms with Gasteiger partial charge in [-0.3, -0.25) is 14.4 Å². The van der Waals surface area contributed by atoms with Crippen LogP contribution < -0.4 is 5.32 Å². The van der Waals surface area contributed by atoms with Crippen molar-refractivity contribution in [1.82, 2.24) is 5.32 Å². The number of hydrogen-bond donors (Lipinski definition) is 2. The third-order valence-corrected chi connectivity index (χ3v) is 6.46. The van der Waals surface area contributed by atoms with Crippen molar-refractivity contribution in [2.75, 3.05) is 0 Å². The lowest BCUT2D eigenvalue weighted by Gasteiger charge is -2.41. The number of Topliss-reactive ketones (excluding diaryl/α,β-unsaturated/α-hetero) is 3. The highest BCUT2D eigenvalue weighted by Crippen LogP contribution is 2.49. The molecule has 1 heterocycles. The van der Waals surface area contributed by atoms with E-state index >= 15 is 0 Å². The number of rotatable bonds is 1. The predicted octanol–water partition coefficient (Wildman–Crippen LogP) is 4.71. The first-order chi connectivity index (χ1) is 14.7. The number of aromatic hydroxyl groups is 1. The molecule has 0 saturated carbocycles. The summed E-state index contributed by atoms with van der Waals surface area (Å²) >= 11 is 6.08. The van der Waals surface area contributed by atoms with E-state index in [1.807, 2.05) is 13.8 Å². The molecular weight excluding hydrogens is 414 g/mol. The molecule has 6 heteroatoms. The van der Waals surface area contributed by atoms with Gasteiger partial charge < -0.3 is 10.4 Å². The summed E-state index contributed by atoms with van der Waals surface area (Å²) < 4.78 is 0. The molecule has 3 aliphatic rings. The van der Waals surface area contributed by atoms with E-state index in [1.165, 1.54) is 18.2 Å². The minimum Gasteiger partial charge on any atom is -0.508 e. The summed E-state index contributed by atoms with van der Waals surface area (Å²) in [6, 6.07) is 11.2. The molecule has 2 N–H and O–H groups in total. The molecule has 156 valence electrons. The maximum atomic E-state index is 13.6. The molecule has 0 radical (unpaired) electrons. The number of benzene rings is 2. The zero-order valence-corrected chi connectivity index (χ0v) is 17.8. The van der Waals surface area contributed by atoms with Crippen molar-refractivity contribution < 1.29 is 19.5 Å². The van der Waals surface area contributed by atoms with Crippen LogP contribution in [0.2, 0.25) is 5.02 Å². The first-order valence-corrected chi connectivity index (χ1v) is 10.5. The molecular formula is C25H20ClNO4. The van der Waals surface area contributed by atoms with Crippen LogP contribution in [0, 0.1) is 5.41 Å². The van der Waals surface area contributed by atoms with E-state index < -0.39 is 5.92 Å². The van der Waals surface area contributed by atoms with Crippen molar-refractivity contribution in [1.29, 1.82) is 0 Å². The summed E-state index contributed by atoms with van der Waals surface area (Å²) in [6.07, 6.45) is 0.957. The maximum Gasteiger partial charge on any atom is 0.210 e. The highest BCUT2D eigenvalue weighted by molar-refractivity contribution is 6.30. The van der Waals surface area contributed by atoms with Gasteiger partial charge in [-0.2, -0.15) is 0 Å². The summed E-state index contributed by atoms with van der Waals surface area (Å²) in [7, 11) is 0. The second-order valence-electron chi connectivity index (χ2n) is 9.12. The van der Waals surface area contributed by atoms with E-state index in [1.54, 1.807) is 24.3 Å². The fraction of sp³-hybridized carbons (Fsp3) is 0.240. The van der Waals surface area contributed by atoms with Gasteiger partial charge in [-0.15, -0.1) is 0 Å². The number of nitrogens with one attached hydrogen (secondary N) is 1. The van der Waals surface area contributed by atoms with Gasteiger partial charge in [-0.1, -0.05) is 37.6 Å². The number of phenols is 1. The third kappa shape index (κ3) is 3.03. The second kappa shape index (κ2) is 6.66. The van der Waals surface area contributed by atoms with Gasteiger partial charge in [0.1, 0.15) is 5.75 Å². The number of hydrogen-bond acceptors (Lipinski definition) is 5. The Hall–Kier alpha value is -3.18. The molecule has 0 bridgehead atoms. The van der Waals surface area contributed by atoms with Gasteiger partial charge >= 0.3 is 0 Å². The Morgan fingerprint density at radius 3 is 2.35 bits per heavy atom. The Balaban J connectivity index is 1.76. The Morgan fingerprint density at radius 2 is 1.65 bits per heavy atom. The zero-order chi connectivity index (χ0) is 22.1. The Morgan fingerprint density at radius 1 is 0.935 bits per heavy atom. The van der Waals surface area contributed by atoms with Crippen LogP contribution >= 0.6 is 11.6 Å². The number of allylic oxidation sites excluding steroid dienone is 4. The average Bonchev–Trinajstić information content (AvgIpc) is 2.70. The highest BCUT2D eigenvalue weighted by Gasteiger charge is 2.47.